The first-order valence-corrected chi connectivity index (χ1v) is 10.4. The molecule has 28 heavy (non-hydrogen) atoms. The van der Waals surface area contributed by atoms with E-state index in [9.17, 15) is 4.79 Å². The maximum Gasteiger partial charge on any atom is 0.230 e. The zero-order valence-electron chi connectivity index (χ0n) is 17.4. The number of benzene rings is 2. The summed E-state index contributed by atoms with van der Waals surface area (Å²) in [6.07, 6.45) is 0. The minimum absolute atomic E-state index is 0.0442. The first kappa shape index (κ1) is 22.1. The van der Waals surface area contributed by atoms with Crippen molar-refractivity contribution in [3.05, 3.63) is 58.7 Å². The summed E-state index contributed by atoms with van der Waals surface area (Å²) in [5.41, 5.74) is 4.67. The molecule has 1 amide bonds. The molecule has 0 bridgehead atoms. The Balaban J connectivity index is 1.86. The second-order valence-electron chi connectivity index (χ2n) is 6.91. The van der Waals surface area contributed by atoms with Gasteiger partial charge in [0.15, 0.2) is 11.5 Å². The summed E-state index contributed by atoms with van der Waals surface area (Å²) < 4.78 is 10.7. The number of ether oxygens (including phenoxy) is 2. The highest BCUT2D eigenvalue weighted by molar-refractivity contribution is 7.99. The Labute approximate surface area is 172 Å². The summed E-state index contributed by atoms with van der Waals surface area (Å²) in [6, 6.07) is 12.2. The number of nitrogens with one attached hydrogen (secondary N) is 1. The monoisotopic (exact) mass is 402 g/mol. The van der Waals surface area contributed by atoms with E-state index in [4.69, 9.17) is 9.47 Å². The molecule has 0 fully saturated rings. The predicted octanol–water partition coefficient (Wildman–Crippen LogP) is 3.62. The molecule has 0 aromatic heterocycles. The third-order valence-electron chi connectivity index (χ3n) is 4.41. The van der Waals surface area contributed by atoms with Crippen LogP contribution in [-0.2, 0) is 23.6 Å². The Hall–Kier alpha value is -2.18. The van der Waals surface area contributed by atoms with Crippen LogP contribution in [0.3, 0.4) is 0 Å². The van der Waals surface area contributed by atoms with Crippen molar-refractivity contribution in [1.29, 1.82) is 0 Å². The standard InChI is InChI=1S/C22H30N2O3S/c1-16-10-20(26-4)21(27-5)11-19(16)14-28-15-22(25)23-12-17-8-6-7-9-18(17)13-24(2)3/h6-11H,12-15H2,1-5H3,(H,23,25). The highest BCUT2D eigenvalue weighted by Crippen LogP contribution is 2.31. The summed E-state index contributed by atoms with van der Waals surface area (Å²) in [7, 11) is 7.35. The number of aryl methyl sites for hydroxylation is 1. The highest BCUT2D eigenvalue weighted by Gasteiger charge is 2.10. The lowest BCUT2D eigenvalue weighted by molar-refractivity contribution is -0.118. The number of amides is 1. The van der Waals surface area contributed by atoms with Gasteiger partial charge in [0, 0.05) is 18.8 Å². The lowest BCUT2D eigenvalue weighted by atomic mass is 10.1. The molecule has 0 heterocycles. The normalized spacial score (nSPS) is 10.8. The molecule has 2 aromatic carbocycles. The third-order valence-corrected chi connectivity index (χ3v) is 5.40. The molecule has 0 saturated carbocycles. The fourth-order valence-corrected chi connectivity index (χ4v) is 3.82. The first-order valence-electron chi connectivity index (χ1n) is 9.22. The van der Waals surface area contributed by atoms with Gasteiger partial charge >= 0.3 is 0 Å². The van der Waals surface area contributed by atoms with Gasteiger partial charge in [-0.1, -0.05) is 24.3 Å². The number of hydrogen-bond acceptors (Lipinski definition) is 5. The molecule has 0 saturated heterocycles. The van der Waals surface area contributed by atoms with Crippen molar-refractivity contribution < 1.29 is 14.3 Å². The van der Waals surface area contributed by atoms with Gasteiger partial charge in [0.05, 0.1) is 20.0 Å². The van der Waals surface area contributed by atoms with Gasteiger partial charge in [-0.2, -0.15) is 0 Å². The average Bonchev–Trinajstić information content (AvgIpc) is 2.67. The van der Waals surface area contributed by atoms with E-state index < -0.39 is 0 Å². The second-order valence-corrected chi connectivity index (χ2v) is 7.90. The van der Waals surface area contributed by atoms with Gasteiger partial charge in [-0.15, -0.1) is 11.8 Å². The van der Waals surface area contributed by atoms with Crippen LogP contribution in [0.1, 0.15) is 22.3 Å². The number of carbonyl (C=O) groups excluding carboxylic acids is 1. The minimum Gasteiger partial charge on any atom is -0.493 e. The molecule has 0 atom stereocenters. The molecule has 6 heteroatoms. The molecule has 0 spiro atoms. The number of methoxy groups -OCH3 is 2. The van der Waals surface area contributed by atoms with E-state index in [1.165, 1.54) is 5.56 Å². The van der Waals surface area contributed by atoms with Crippen LogP contribution in [0.2, 0.25) is 0 Å². The van der Waals surface area contributed by atoms with Crippen molar-refractivity contribution in [2.24, 2.45) is 0 Å². The summed E-state index contributed by atoms with van der Waals surface area (Å²) in [5, 5.41) is 3.03. The van der Waals surface area contributed by atoms with Gasteiger partial charge in [-0.25, -0.2) is 0 Å². The zero-order valence-corrected chi connectivity index (χ0v) is 18.2. The van der Waals surface area contributed by atoms with E-state index >= 15 is 0 Å². The highest BCUT2D eigenvalue weighted by atomic mass is 32.2. The Kier molecular flexibility index (Phi) is 8.67. The predicted molar refractivity (Wildman–Crippen MR) is 116 cm³/mol. The quantitative estimate of drug-likeness (QED) is 0.658. The van der Waals surface area contributed by atoms with Gasteiger partial charge in [0.2, 0.25) is 5.91 Å². The van der Waals surface area contributed by atoms with Crippen molar-refractivity contribution in [3.63, 3.8) is 0 Å². The van der Waals surface area contributed by atoms with Gasteiger partial charge in [-0.05, 0) is 55.4 Å². The molecule has 5 nitrogen and oxygen atoms in total. The van der Waals surface area contributed by atoms with Crippen molar-refractivity contribution in [2.75, 3.05) is 34.1 Å². The van der Waals surface area contributed by atoms with Crippen LogP contribution < -0.4 is 14.8 Å². The lowest BCUT2D eigenvalue weighted by Crippen LogP contribution is -2.25. The number of thioether (sulfide) groups is 1. The molecular formula is C22H30N2O3S. The Morgan fingerprint density at radius 1 is 1.04 bits per heavy atom. The molecule has 0 aliphatic rings. The molecule has 152 valence electrons. The summed E-state index contributed by atoms with van der Waals surface area (Å²) in [4.78, 5) is 14.4. The Morgan fingerprint density at radius 2 is 1.68 bits per heavy atom. The van der Waals surface area contributed by atoms with Gasteiger partial charge in [-0.3, -0.25) is 4.79 Å². The van der Waals surface area contributed by atoms with E-state index in [1.807, 2.05) is 45.3 Å². The van der Waals surface area contributed by atoms with Gasteiger partial charge in [0.1, 0.15) is 0 Å². The lowest BCUT2D eigenvalue weighted by Gasteiger charge is -2.15. The van der Waals surface area contributed by atoms with Crippen molar-refractivity contribution in [1.82, 2.24) is 10.2 Å². The molecule has 2 rings (SSSR count). The van der Waals surface area contributed by atoms with E-state index in [1.54, 1.807) is 26.0 Å². The van der Waals surface area contributed by atoms with Crippen LogP contribution in [0.15, 0.2) is 36.4 Å². The molecule has 0 unspecified atom stereocenters. The second kappa shape index (κ2) is 11.0. The molecule has 0 aliphatic heterocycles. The van der Waals surface area contributed by atoms with Gasteiger partial charge in [0.25, 0.3) is 0 Å². The number of nitrogens with zero attached hydrogens (tertiary/aromatic N) is 1. The largest absolute Gasteiger partial charge is 0.493 e. The van der Waals surface area contributed by atoms with Crippen LogP contribution in [-0.4, -0.2) is 44.9 Å². The zero-order chi connectivity index (χ0) is 20.5. The van der Waals surface area contributed by atoms with Crippen LogP contribution in [0.4, 0.5) is 0 Å². The number of carbonyl (C=O) groups is 1. The maximum atomic E-state index is 12.3. The van der Waals surface area contributed by atoms with E-state index in [-0.39, 0.29) is 5.91 Å². The molecule has 2 aromatic rings. The average molecular weight is 403 g/mol. The van der Waals surface area contributed by atoms with Crippen molar-refractivity contribution >= 4 is 17.7 Å². The van der Waals surface area contributed by atoms with Crippen LogP contribution in [0, 0.1) is 6.92 Å². The SMILES string of the molecule is COc1cc(C)c(CSCC(=O)NCc2ccccc2CN(C)C)cc1OC. The Morgan fingerprint density at radius 3 is 2.32 bits per heavy atom. The Bertz CT molecular complexity index is 793. The summed E-state index contributed by atoms with van der Waals surface area (Å²) in [6.45, 7) is 3.46. The van der Waals surface area contributed by atoms with Crippen LogP contribution >= 0.6 is 11.8 Å². The fourth-order valence-electron chi connectivity index (χ4n) is 2.90. The fraction of sp³-hybridized carbons (Fsp3) is 0.409. The molecule has 1 N–H and O–H groups in total. The third kappa shape index (κ3) is 6.46. The van der Waals surface area contributed by atoms with E-state index in [0.717, 1.165) is 34.7 Å². The van der Waals surface area contributed by atoms with Gasteiger partial charge < -0.3 is 19.7 Å². The smallest absolute Gasteiger partial charge is 0.230 e. The van der Waals surface area contributed by atoms with E-state index in [0.29, 0.717) is 18.0 Å². The molecular weight excluding hydrogens is 372 g/mol. The summed E-state index contributed by atoms with van der Waals surface area (Å²) >= 11 is 1.59. The number of hydrogen-bond donors (Lipinski definition) is 1. The maximum absolute atomic E-state index is 12.3. The van der Waals surface area contributed by atoms with E-state index in [2.05, 4.69) is 22.3 Å². The van der Waals surface area contributed by atoms with Crippen LogP contribution in [0.25, 0.3) is 0 Å². The number of rotatable bonds is 10. The van der Waals surface area contributed by atoms with Crippen molar-refractivity contribution in [3.8, 4) is 11.5 Å². The molecule has 0 aliphatic carbocycles. The minimum atomic E-state index is 0.0442. The van der Waals surface area contributed by atoms with Crippen molar-refractivity contribution in [2.45, 2.75) is 25.8 Å². The molecule has 0 radical (unpaired) electrons. The summed E-state index contributed by atoms with van der Waals surface area (Å²) in [5.74, 6) is 2.65. The topological polar surface area (TPSA) is 50.8 Å². The van der Waals surface area contributed by atoms with Crippen LogP contribution in [0.5, 0.6) is 11.5 Å². The first-order chi connectivity index (χ1) is 13.4.